The maximum Gasteiger partial charge on any atom is 0.146 e. The van der Waals surface area contributed by atoms with Crippen LogP contribution in [0.5, 0.6) is 0 Å². The number of nitrogens with zero attached hydrogens (tertiary/aromatic N) is 2. The molecular weight excluding hydrogens is 254 g/mol. The van der Waals surface area contributed by atoms with Crippen LogP contribution < -0.4 is 5.32 Å². The summed E-state index contributed by atoms with van der Waals surface area (Å²) in [5.41, 5.74) is 1.73. The molecule has 2 aromatic rings. The Balaban J connectivity index is 1.98. The van der Waals surface area contributed by atoms with Crippen molar-refractivity contribution < 1.29 is 0 Å². The predicted molar refractivity (Wildman–Crippen MR) is 70.5 cm³/mol. The lowest BCUT2D eigenvalue weighted by atomic mass is 10.2. The molecule has 0 spiro atoms. The second-order valence-corrected chi connectivity index (χ2v) is 4.60. The quantitative estimate of drug-likeness (QED) is 0.921. The van der Waals surface area contributed by atoms with Crippen molar-refractivity contribution in [1.82, 2.24) is 4.98 Å². The van der Waals surface area contributed by atoms with Gasteiger partial charge in [-0.25, -0.2) is 4.98 Å². The van der Waals surface area contributed by atoms with Gasteiger partial charge in [-0.2, -0.15) is 16.6 Å². The minimum atomic E-state index is 0.389. The van der Waals surface area contributed by atoms with Crippen LogP contribution in [0.2, 0.25) is 5.02 Å². The summed E-state index contributed by atoms with van der Waals surface area (Å²) >= 11 is 7.71. The molecule has 0 atom stereocenters. The van der Waals surface area contributed by atoms with E-state index in [4.69, 9.17) is 16.9 Å². The van der Waals surface area contributed by atoms with Gasteiger partial charge in [-0.05, 0) is 34.9 Å². The van der Waals surface area contributed by atoms with Crippen LogP contribution >= 0.6 is 22.9 Å². The smallest absolute Gasteiger partial charge is 0.146 e. The van der Waals surface area contributed by atoms with E-state index in [1.165, 1.54) is 5.56 Å². The minimum Gasteiger partial charge on any atom is -0.368 e. The molecule has 1 N–H and O–H groups in total. The number of halogens is 1. The third kappa shape index (κ3) is 2.96. The van der Waals surface area contributed by atoms with E-state index >= 15 is 0 Å². The van der Waals surface area contributed by atoms with Gasteiger partial charge in [0.05, 0.1) is 5.56 Å². The summed E-state index contributed by atoms with van der Waals surface area (Å²) in [6.45, 7) is 0.748. The summed E-state index contributed by atoms with van der Waals surface area (Å²) in [6, 6.07) is 5.72. The van der Waals surface area contributed by atoms with Gasteiger partial charge in [0.1, 0.15) is 16.9 Å². The number of pyridine rings is 1. The average Bonchev–Trinajstić information content (AvgIpc) is 2.84. The molecule has 2 aromatic heterocycles. The van der Waals surface area contributed by atoms with Crippen LogP contribution in [0.4, 0.5) is 5.82 Å². The van der Waals surface area contributed by atoms with Gasteiger partial charge >= 0.3 is 0 Å². The molecule has 0 aromatic carbocycles. The van der Waals surface area contributed by atoms with E-state index in [1.54, 1.807) is 23.6 Å². The van der Waals surface area contributed by atoms with Crippen LogP contribution in [0.15, 0.2) is 29.1 Å². The largest absolute Gasteiger partial charge is 0.368 e. The number of nitrogens with one attached hydrogen (secondary N) is 1. The first-order valence-corrected chi connectivity index (χ1v) is 6.43. The van der Waals surface area contributed by atoms with Gasteiger partial charge in [0, 0.05) is 12.7 Å². The van der Waals surface area contributed by atoms with Crippen molar-refractivity contribution in [2.75, 3.05) is 11.9 Å². The molecule has 0 aliphatic heterocycles. The molecule has 0 unspecified atom stereocenters. The lowest BCUT2D eigenvalue weighted by Crippen LogP contribution is -2.06. The fraction of sp³-hybridized carbons (Fsp3) is 0.167. The van der Waals surface area contributed by atoms with E-state index in [-0.39, 0.29) is 0 Å². The molecule has 0 aliphatic carbocycles. The van der Waals surface area contributed by atoms with Crippen molar-refractivity contribution in [3.05, 3.63) is 45.2 Å². The Bertz CT molecular complexity index is 531. The first kappa shape index (κ1) is 11.9. The van der Waals surface area contributed by atoms with E-state index < -0.39 is 0 Å². The maximum absolute atomic E-state index is 8.83. The molecular formula is C12H10ClN3S. The summed E-state index contributed by atoms with van der Waals surface area (Å²) < 4.78 is 0. The van der Waals surface area contributed by atoms with E-state index in [2.05, 4.69) is 27.1 Å². The zero-order chi connectivity index (χ0) is 12.1. The van der Waals surface area contributed by atoms with Crippen molar-refractivity contribution in [2.24, 2.45) is 0 Å². The number of anilines is 1. The molecule has 0 bridgehead atoms. The molecule has 0 radical (unpaired) electrons. The summed E-state index contributed by atoms with van der Waals surface area (Å²) in [4.78, 5) is 4.11. The Morgan fingerprint density at radius 2 is 2.35 bits per heavy atom. The SMILES string of the molecule is N#Cc1ccnc(NCCc2ccsc2)c1Cl. The van der Waals surface area contributed by atoms with E-state index in [0.717, 1.165) is 13.0 Å². The van der Waals surface area contributed by atoms with Crippen molar-refractivity contribution in [2.45, 2.75) is 6.42 Å². The molecule has 3 nitrogen and oxygen atoms in total. The first-order chi connectivity index (χ1) is 8.31. The second-order valence-electron chi connectivity index (χ2n) is 3.44. The van der Waals surface area contributed by atoms with Crippen LogP contribution in [0.1, 0.15) is 11.1 Å². The van der Waals surface area contributed by atoms with Crippen LogP contribution in [0, 0.1) is 11.3 Å². The Morgan fingerprint density at radius 3 is 3.06 bits per heavy atom. The molecule has 0 amide bonds. The first-order valence-electron chi connectivity index (χ1n) is 5.11. The lowest BCUT2D eigenvalue weighted by Gasteiger charge is -2.07. The van der Waals surface area contributed by atoms with Crippen molar-refractivity contribution in [1.29, 1.82) is 5.26 Å². The lowest BCUT2D eigenvalue weighted by molar-refractivity contribution is 1.01. The molecule has 0 aliphatic rings. The van der Waals surface area contributed by atoms with Crippen molar-refractivity contribution in [3.8, 4) is 6.07 Å². The van der Waals surface area contributed by atoms with Gasteiger partial charge in [-0.1, -0.05) is 11.6 Å². The van der Waals surface area contributed by atoms with Gasteiger partial charge in [0.15, 0.2) is 0 Å². The monoisotopic (exact) mass is 263 g/mol. The molecule has 86 valence electrons. The van der Waals surface area contributed by atoms with Crippen LogP contribution in [0.3, 0.4) is 0 Å². The number of thiophene rings is 1. The Morgan fingerprint density at radius 1 is 1.47 bits per heavy atom. The normalized spacial score (nSPS) is 9.88. The minimum absolute atomic E-state index is 0.389. The summed E-state index contributed by atoms with van der Waals surface area (Å²) in [5.74, 6) is 0.570. The average molecular weight is 264 g/mol. The summed E-state index contributed by atoms with van der Waals surface area (Å²) in [7, 11) is 0. The van der Waals surface area contributed by atoms with Gasteiger partial charge in [-0.15, -0.1) is 0 Å². The van der Waals surface area contributed by atoms with Crippen LogP contribution in [0.25, 0.3) is 0 Å². The fourth-order valence-corrected chi connectivity index (χ4v) is 2.34. The maximum atomic E-state index is 8.83. The van der Waals surface area contributed by atoms with E-state index in [9.17, 15) is 0 Å². The topological polar surface area (TPSA) is 48.7 Å². The zero-order valence-corrected chi connectivity index (χ0v) is 10.6. The molecule has 0 fully saturated rings. The third-order valence-electron chi connectivity index (χ3n) is 2.30. The van der Waals surface area contributed by atoms with Crippen molar-refractivity contribution >= 4 is 28.8 Å². The standard InChI is InChI=1S/C12H10ClN3S/c13-11-10(7-14)2-5-16-12(11)15-4-1-9-3-6-17-8-9/h2-3,5-6,8H,1,4H2,(H,15,16). The van der Waals surface area contributed by atoms with E-state index in [1.807, 2.05) is 6.07 Å². The molecule has 2 rings (SSSR count). The number of nitriles is 1. The Labute approximate surface area is 109 Å². The highest BCUT2D eigenvalue weighted by Gasteiger charge is 2.06. The summed E-state index contributed by atoms with van der Waals surface area (Å²) in [6.07, 6.45) is 2.50. The Kier molecular flexibility index (Phi) is 3.97. The second kappa shape index (κ2) is 5.67. The highest BCUT2D eigenvalue weighted by molar-refractivity contribution is 7.07. The van der Waals surface area contributed by atoms with Crippen LogP contribution in [-0.2, 0) is 6.42 Å². The van der Waals surface area contributed by atoms with Gasteiger partial charge in [0.25, 0.3) is 0 Å². The molecule has 0 saturated heterocycles. The highest BCUT2D eigenvalue weighted by atomic mass is 35.5. The molecule has 17 heavy (non-hydrogen) atoms. The molecule has 5 heteroatoms. The fourth-order valence-electron chi connectivity index (χ4n) is 1.41. The highest BCUT2D eigenvalue weighted by Crippen LogP contribution is 2.22. The Hall–Kier alpha value is -1.57. The van der Waals surface area contributed by atoms with Crippen LogP contribution in [-0.4, -0.2) is 11.5 Å². The number of aromatic nitrogens is 1. The van der Waals surface area contributed by atoms with E-state index in [0.29, 0.717) is 16.4 Å². The number of hydrogen-bond donors (Lipinski definition) is 1. The van der Waals surface area contributed by atoms with Gasteiger partial charge in [0.2, 0.25) is 0 Å². The molecule has 2 heterocycles. The molecule has 0 saturated carbocycles. The predicted octanol–water partition coefficient (Wildman–Crippen LogP) is 3.32. The third-order valence-corrected chi connectivity index (χ3v) is 3.41. The zero-order valence-electron chi connectivity index (χ0n) is 8.98. The number of rotatable bonds is 4. The van der Waals surface area contributed by atoms with Gasteiger partial charge < -0.3 is 5.32 Å². The van der Waals surface area contributed by atoms with Gasteiger partial charge in [-0.3, -0.25) is 0 Å². The van der Waals surface area contributed by atoms with Crippen molar-refractivity contribution in [3.63, 3.8) is 0 Å². The summed E-state index contributed by atoms with van der Waals surface area (Å²) in [5, 5.41) is 16.5. The number of hydrogen-bond acceptors (Lipinski definition) is 4.